The number of hydrogen-bond donors (Lipinski definition) is 1. The smallest absolute Gasteiger partial charge is 0.340 e. The van der Waals surface area contributed by atoms with Crippen LogP contribution in [0.1, 0.15) is 24.2 Å². The maximum Gasteiger partial charge on any atom is 0.340 e. The molecule has 134 valence electrons. The van der Waals surface area contributed by atoms with E-state index >= 15 is 0 Å². The van der Waals surface area contributed by atoms with Crippen LogP contribution in [-0.4, -0.2) is 59.9 Å². The van der Waals surface area contributed by atoms with Gasteiger partial charge in [-0.05, 0) is 19.9 Å². The third-order valence-corrected chi connectivity index (χ3v) is 4.01. The Kier molecular flexibility index (Phi) is 5.63. The van der Waals surface area contributed by atoms with Crippen molar-refractivity contribution in [2.75, 3.05) is 19.7 Å². The minimum Gasteiger partial charge on any atom is -0.471 e. The Morgan fingerprint density at radius 1 is 1.46 bits per heavy atom. The number of aromatic nitrogens is 1. The Morgan fingerprint density at radius 3 is 2.75 bits per heavy atom. The molecular formula is C15H19F4N3O2. The van der Waals surface area contributed by atoms with Gasteiger partial charge in [0.25, 0.3) is 5.91 Å². The fourth-order valence-electron chi connectivity index (χ4n) is 2.33. The van der Waals surface area contributed by atoms with Gasteiger partial charge in [-0.15, -0.1) is 0 Å². The fraction of sp³-hybridized carbons (Fsp3) is 0.600. The highest BCUT2D eigenvalue weighted by Gasteiger charge is 2.41. The summed E-state index contributed by atoms with van der Waals surface area (Å²) in [6.07, 6.45) is -2.62. The van der Waals surface area contributed by atoms with E-state index in [1.54, 1.807) is 4.90 Å². The second-order valence-corrected chi connectivity index (χ2v) is 5.72. The molecule has 2 unspecified atom stereocenters. The quantitative estimate of drug-likeness (QED) is 0.828. The molecule has 24 heavy (non-hydrogen) atoms. The molecule has 9 heteroatoms. The van der Waals surface area contributed by atoms with Crippen molar-refractivity contribution in [3.05, 3.63) is 23.9 Å². The first-order valence-electron chi connectivity index (χ1n) is 7.51. The average Bonchev–Trinajstić information content (AvgIpc) is 2.55. The summed E-state index contributed by atoms with van der Waals surface area (Å²) >= 11 is 0. The molecule has 5 nitrogen and oxygen atoms in total. The molecule has 0 bridgehead atoms. The molecule has 1 aromatic heterocycles. The number of pyridine rings is 1. The molecule has 1 aromatic rings. The second-order valence-electron chi connectivity index (χ2n) is 5.72. The van der Waals surface area contributed by atoms with Crippen molar-refractivity contribution < 1.29 is 27.1 Å². The SMILES string of the molecule is CC1NCCN(C(=O)c2ccc(OCC(F)(F)C(F)F)nc2)C1C. The van der Waals surface area contributed by atoms with Crippen LogP contribution in [0.25, 0.3) is 0 Å². The number of nitrogens with zero attached hydrogens (tertiary/aromatic N) is 2. The minimum absolute atomic E-state index is 0.00749. The minimum atomic E-state index is -4.25. The number of halogens is 4. The molecule has 2 atom stereocenters. The summed E-state index contributed by atoms with van der Waals surface area (Å²) in [6, 6.07) is 2.73. The van der Waals surface area contributed by atoms with E-state index in [4.69, 9.17) is 0 Å². The van der Waals surface area contributed by atoms with E-state index < -0.39 is 19.0 Å². The zero-order valence-corrected chi connectivity index (χ0v) is 13.3. The summed E-state index contributed by atoms with van der Waals surface area (Å²) in [4.78, 5) is 17.9. The molecular weight excluding hydrogens is 330 g/mol. The van der Waals surface area contributed by atoms with Gasteiger partial charge < -0.3 is 15.0 Å². The number of alkyl halides is 4. The van der Waals surface area contributed by atoms with Crippen LogP contribution in [0.15, 0.2) is 18.3 Å². The van der Waals surface area contributed by atoms with Crippen molar-refractivity contribution in [3.63, 3.8) is 0 Å². The maximum atomic E-state index is 12.8. The summed E-state index contributed by atoms with van der Waals surface area (Å²) in [5.74, 6) is -4.72. The first-order valence-corrected chi connectivity index (χ1v) is 7.51. The van der Waals surface area contributed by atoms with Gasteiger partial charge in [-0.2, -0.15) is 8.78 Å². The first kappa shape index (κ1) is 18.4. The molecule has 0 aliphatic carbocycles. The summed E-state index contributed by atoms with van der Waals surface area (Å²) in [5, 5.41) is 3.26. The topological polar surface area (TPSA) is 54.5 Å². The van der Waals surface area contributed by atoms with Crippen LogP contribution >= 0.6 is 0 Å². The fourth-order valence-corrected chi connectivity index (χ4v) is 2.33. The van der Waals surface area contributed by atoms with Crippen LogP contribution < -0.4 is 10.1 Å². The van der Waals surface area contributed by atoms with Gasteiger partial charge in [-0.1, -0.05) is 0 Å². The highest BCUT2D eigenvalue weighted by molar-refractivity contribution is 5.94. The lowest BCUT2D eigenvalue weighted by atomic mass is 10.1. The summed E-state index contributed by atoms with van der Waals surface area (Å²) in [7, 11) is 0. The molecule has 1 fully saturated rings. The van der Waals surface area contributed by atoms with Crippen LogP contribution in [0.3, 0.4) is 0 Å². The third kappa shape index (κ3) is 4.14. The third-order valence-electron chi connectivity index (χ3n) is 4.01. The van der Waals surface area contributed by atoms with Crippen LogP contribution in [0, 0.1) is 0 Å². The predicted molar refractivity (Wildman–Crippen MR) is 78.6 cm³/mol. The number of ether oxygens (including phenoxy) is 1. The summed E-state index contributed by atoms with van der Waals surface area (Å²) < 4.78 is 54.3. The second kappa shape index (κ2) is 7.33. The Balaban J connectivity index is 2.00. The zero-order valence-electron chi connectivity index (χ0n) is 13.3. The van der Waals surface area contributed by atoms with Gasteiger partial charge in [0.05, 0.1) is 5.56 Å². The zero-order chi connectivity index (χ0) is 17.9. The van der Waals surface area contributed by atoms with Crippen LogP contribution in [0.5, 0.6) is 5.88 Å². The maximum absolute atomic E-state index is 12.8. The largest absolute Gasteiger partial charge is 0.471 e. The monoisotopic (exact) mass is 349 g/mol. The van der Waals surface area contributed by atoms with E-state index in [1.807, 2.05) is 13.8 Å². The molecule has 1 N–H and O–H groups in total. The van der Waals surface area contributed by atoms with Gasteiger partial charge in [0.1, 0.15) is 0 Å². The molecule has 1 aliphatic rings. The van der Waals surface area contributed by atoms with E-state index in [9.17, 15) is 22.4 Å². The van der Waals surface area contributed by atoms with Crippen molar-refractivity contribution in [2.45, 2.75) is 38.3 Å². The lowest BCUT2D eigenvalue weighted by Gasteiger charge is -2.38. The molecule has 1 aliphatic heterocycles. The Morgan fingerprint density at radius 2 is 2.17 bits per heavy atom. The number of nitrogens with one attached hydrogen (secondary N) is 1. The van der Waals surface area contributed by atoms with Crippen LogP contribution in [-0.2, 0) is 0 Å². The Hall–Kier alpha value is -1.90. The van der Waals surface area contributed by atoms with E-state index in [-0.39, 0.29) is 29.4 Å². The number of amides is 1. The summed E-state index contributed by atoms with van der Waals surface area (Å²) in [5.41, 5.74) is 0.281. The van der Waals surface area contributed by atoms with Crippen molar-refractivity contribution in [3.8, 4) is 5.88 Å². The van der Waals surface area contributed by atoms with Crippen LogP contribution in [0.4, 0.5) is 17.6 Å². The molecule has 0 spiro atoms. The van der Waals surface area contributed by atoms with Gasteiger partial charge in [-0.25, -0.2) is 13.8 Å². The Bertz CT molecular complexity index is 568. The van der Waals surface area contributed by atoms with Crippen molar-refractivity contribution >= 4 is 5.91 Å². The van der Waals surface area contributed by atoms with Gasteiger partial charge in [0.15, 0.2) is 6.61 Å². The molecule has 0 saturated carbocycles. The summed E-state index contributed by atoms with van der Waals surface area (Å²) in [6.45, 7) is 3.64. The number of carbonyl (C=O) groups excluding carboxylic acids is 1. The van der Waals surface area contributed by atoms with Gasteiger partial charge in [0, 0.05) is 37.4 Å². The van der Waals surface area contributed by atoms with Crippen LogP contribution in [0.2, 0.25) is 0 Å². The van der Waals surface area contributed by atoms with Crippen molar-refractivity contribution in [1.29, 1.82) is 0 Å². The Labute approximate surface area is 137 Å². The van der Waals surface area contributed by atoms with E-state index in [0.29, 0.717) is 13.1 Å². The van der Waals surface area contributed by atoms with E-state index in [1.165, 1.54) is 18.3 Å². The lowest BCUT2D eigenvalue weighted by Crippen LogP contribution is -2.57. The average molecular weight is 349 g/mol. The van der Waals surface area contributed by atoms with Crippen molar-refractivity contribution in [2.24, 2.45) is 0 Å². The highest BCUT2D eigenvalue weighted by atomic mass is 19.3. The molecule has 2 rings (SSSR count). The molecule has 2 heterocycles. The van der Waals surface area contributed by atoms with E-state index in [0.717, 1.165) is 0 Å². The number of rotatable bonds is 5. The normalized spacial score (nSPS) is 21.9. The number of carbonyl (C=O) groups is 1. The highest BCUT2D eigenvalue weighted by Crippen LogP contribution is 2.24. The van der Waals surface area contributed by atoms with Gasteiger partial charge in [0.2, 0.25) is 5.88 Å². The molecule has 0 aromatic carbocycles. The van der Waals surface area contributed by atoms with Gasteiger partial charge >= 0.3 is 12.3 Å². The van der Waals surface area contributed by atoms with Gasteiger partial charge in [-0.3, -0.25) is 4.79 Å². The first-order chi connectivity index (χ1) is 11.2. The molecule has 1 saturated heterocycles. The molecule has 1 amide bonds. The van der Waals surface area contributed by atoms with E-state index in [2.05, 4.69) is 15.0 Å². The number of hydrogen-bond acceptors (Lipinski definition) is 4. The standard InChI is InChI=1S/C15H19F4N3O2/c1-9-10(2)22(6-5-20-9)13(23)11-3-4-12(21-7-11)24-8-15(18,19)14(16)17/h3-4,7,9-10,14,20H,5-6,8H2,1-2H3. The predicted octanol–water partition coefficient (Wildman–Crippen LogP) is 2.18. The van der Waals surface area contributed by atoms with Crippen molar-refractivity contribution in [1.82, 2.24) is 15.2 Å². The molecule has 0 radical (unpaired) electrons. The number of piperazine rings is 1. The lowest BCUT2D eigenvalue weighted by molar-refractivity contribution is -0.148.